The van der Waals surface area contributed by atoms with Crippen molar-refractivity contribution in [3.63, 3.8) is 0 Å². The van der Waals surface area contributed by atoms with E-state index in [1.54, 1.807) is 11.3 Å². The Labute approximate surface area is 96.1 Å². The molecule has 0 aliphatic heterocycles. The molecule has 2 unspecified atom stereocenters. The van der Waals surface area contributed by atoms with Crippen LogP contribution in [0.15, 0.2) is 12.1 Å². The maximum Gasteiger partial charge on any atom is 0.0694 e. The standard InChI is InChI=1S/C12H21NOS/c1-3-4-11(13)12(14)8-7-10-6-5-9(2)15-10/h5-6,11-12,14H,3-4,7-8,13H2,1-2H3. The molecular formula is C12H21NOS. The van der Waals surface area contributed by atoms with Gasteiger partial charge in [-0.15, -0.1) is 11.3 Å². The summed E-state index contributed by atoms with van der Waals surface area (Å²) in [5, 5.41) is 9.80. The van der Waals surface area contributed by atoms with E-state index >= 15 is 0 Å². The average Bonchev–Trinajstić information content (AvgIpc) is 2.61. The summed E-state index contributed by atoms with van der Waals surface area (Å²) in [7, 11) is 0. The molecule has 3 heteroatoms. The second kappa shape index (κ2) is 6.26. The van der Waals surface area contributed by atoms with Gasteiger partial charge in [0.2, 0.25) is 0 Å². The molecule has 1 aromatic heterocycles. The van der Waals surface area contributed by atoms with E-state index in [-0.39, 0.29) is 12.1 Å². The molecule has 15 heavy (non-hydrogen) atoms. The van der Waals surface area contributed by atoms with E-state index in [2.05, 4.69) is 26.0 Å². The van der Waals surface area contributed by atoms with Crippen LogP contribution in [-0.2, 0) is 6.42 Å². The lowest BCUT2D eigenvalue weighted by Crippen LogP contribution is -2.34. The fourth-order valence-electron chi connectivity index (χ4n) is 1.65. The predicted octanol–water partition coefficient (Wildman–Crippen LogP) is 2.48. The highest BCUT2D eigenvalue weighted by atomic mass is 32.1. The van der Waals surface area contributed by atoms with Crippen LogP contribution in [0.5, 0.6) is 0 Å². The van der Waals surface area contributed by atoms with E-state index in [0.717, 1.165) is 25.7 Å². The lowest BCUT2D eigenvalue weighted by Gasteiger charge is -2.17. The van der Waals surface area contributed by atoms with Crippen LogP contribution >= 0.6 is 11.3 Å². The van der Waals surface area contributed by atoms with Crippen molar-refractivity contribution in [1.29, 1.82) is 0 Å². The van der Waals surface area contributed by atoms with Crippen molar-refractivity contribution in [3.8, 4) is 0 Å². The average molecular weight is 227 g/mol. The molecule has 0 bridgehead atoms. The van der Waals surface area contributed by atoms with Crippen LogP contribution in [0.1, 0.15) is 35.9 Å². The molecule has 0 aliphatic rings. The Bertz CT molecular complexity index is 285. The van der Waals surface area contributed by atoms with Gasteiger partial charge in [-0.05, 0) is 38.3 Å². The Hall–Kier alpha value is -0.380. The summed E-state index contributed by atoms with van der Waals surface area (Å²) < 4.78 is 0. The molecule has 0 saturated heterocycles. The first-order valence-electron chi connectivity index (χ1n) is 5.62. The molecule has 0 aromatic carbocycles. The molecule has 1 rings (SSSR count). The molecular weight excluding hydrogens is 206 g/mol. The van der Waals surface area contributed by atoms with Gasteiger partial charge >= 0.3 is 0 Å². The van der Waals surface area contributed by atoms with Crippen LogP contribution < -0.4 is 5.73 Å². The van der Waals surface area contributed by atoms with Gasteiger partial charge in [0.1, 0.15) is 0 Å². The van der Waals surface area contributed by atoms with E-state index in [0.29, 0.717) is 0 Å². The Balaban J connectivity index is 2.30. The van der Waals surface area contributed by atoms with Crippen molar-refractivity contribution in [1.82, 2.24) is 0 Å². The monoisotopic (exact) mass is 227 g/mol. The number of rotatable bonds is 6. The quantitative estimate of drug-likeness (QED) is 0.784. The largest absolute Gasteiger partial charge is 0.392 e. The van der Waals surface area contributed by atoms with E-state index in [9.17, 15) is 5.11 Å². The van der Waals surface area contributed by atoms with E-state index in [1.165, 1.54) is 9.75 Å². The summed E-state index contributed by atoms with van der Waals surface area (Å²) in [5.41, 5.74) is 5.85. The van der Waals surface area contributed by atoms with Gasteiger partial charge < -0.3 is 10.8 Å². The minimum absolute atomic E-state index is 0.0592. The number of aryl methyl sites for hydroxylation is 2. The summed E-state index contributed by atoms with van der Waals surface area (Å²) in [6, 6.07) is 4.20. The van der Waals surface area contributed by atoms with Crippen LogP contribution in [0, 0.1) is 6.92 Å². The predicted molar refractivity (Wildman–Crippen MR) is 66.3 cm³/mol. The molecule has 3 N–H and O–H groups in total. The van der Waals surface area contributed by atoms with E-state index < -0.39 is 0 Å². The van der Waals surface area contributed by atoms with Crippen LogP contribution in [0.25, 0.3) is 0 Å². The van der Waals surface area contributed by atoms with E-state index in [4.69, 9.17) is 5.73 Å². The zero-order valence-corrected chi connectivity index (χ0v) is 10.4. The van der Waals surface area contributed by atoms with Crippen molar-refractivity contribution >= 4 is 11.3 Å². The Morgan fingerprint density at radius 2 is 2.13 bits per heavy atom. The third-order valence-electron chi connectivity index (χ3n) is 2.60. The van der Waals surface area contributed by atoms with Crippen LogP contribution in [-0.4, -0.2) is 17.3 Å². The summed E-state index contributed by atoms with van der Waals surface area (Å²) >= 11 is 1.80. The van der Waals surface area contributed by atoms with Gasteiger partial charge in [0, 0.05) is 15.8 Å². The van der Waals surface area contributed by atoms with Crippen molar-refractivity contribution in [2.45, 2.75) is 51.7 Å². The molecule has 0 spiro atoms. The Kier molecular flexibility index (Phi) is 5.29. The van der Waals surface area contributed by atoms with Crippen LogP contribution in [0.4, 0.5) is 0 Å². The summed E-state index contributed by atoms with van der Waals surface area (Å²) in [6.45, 7) is 4.20. The van der Waals surface area contributed by atoms with Gasteiger partial charge in [-0.25, -0.2) is 0 Å². The third-order valence-corrected chi connectivity index (χ3v) is 3.66. The normalized spacial score (nSPS) is 15.2. The van der Waals surface area contributed by atoms with Gasteiger partial charge in [-0.3, -0.25) is 0 Å². The van der Waals surface area contributed by atoms with Gasteiger partial charge in [0.15, 0.2) is 0 Å². The SMILES string of the molecule is CCCC(N)C(O)CCc1ccc(C)s1. The molecule has 2 nitrogen and oxygen atoms in total. The number of hydrogen-bond acceptors (Lipinski definition) is 3. The Morgan fingerprint density at radius 3 is 2.67 bits per heavy atom. The molecule has 0 radical (unpaired) electrons. The van der Waals surface area contributed by atoms with Crippen molar-refractivity contribution < 1.29 is 5.11 Å². The van der Waals surface area contributed by atoms with Crippen LogP contribution in [0.2, 0.25) is 0 Å². The summed E-state index contributed by atoms with van der Waals surface area (Å²) in [6.07, 6.45) is 3.31. The first-order chi connectivity index (χ1) is 7.13. The van der Waals surface area contributed by atoms with Crippen molar-refractivity contribution in [3.05, 3.63) is 21.9 Å². The minimum Gasteiger partial charge on any atom is -0.392 e. The lowest BCUT2D eigenvalue weighted by atomic mass is 10.0. The lowest BCUT2D eigenvalue weighted by molar-refractivity contribution is 0.131. The molecule has 86 valence electrons. The highest BCUT2D eigenvalue weighted by Gasteiger charge is 2.13. The second-order valence-electron chi connectivity index (χ2n) is 4.07. The van der Waals surface area contributed by atoms with Gasteiger partial charge in [-0.1, -0.05) is 13.3 Å². The summed E-state index contributed by atoms with van der Waals surface area (Å²) in [5.74, 6) is 0. The summed E-state index contributed by atoms with van der Waals surface area (Å²) in [4.78, 5) is 2.67. The maximum atomic E-state index is 9.80. The number of nitrogens with two attached hydrogens (primary N) is 1. The number of thiophene rings is 1. The first kappa shape index (κ1) is 12.7. The second-order valence-corrected chi connectivity index (χ2v) is 5.44. The van der Waals surface area contributed by atoms with Gasteiger partial charge in [0.25, 0.3) is 0 Å². The Morgan fingerprint density at radius 1 is 1.40 bits per heavy atom. The molecule has 1 aromatic rings. The fourth-order valence-corrected chi connectivity index (χ4v) is 2.56. The van der Waals surface area contributed by atoms with Gasteiger partial charge in [-0.2, -0.15) is 0 Å². The van der Waals surface area contributed by atoms with E-state index in [1.807, 2.05) is 0 Å². The molecule has 1 heterocycles. The number of aliphatic hydroxyl groups is 1. The zero-order chi connectivity index (χ0) is 11.3. The molecule has 0 aliphatic carbocycles. The van der Waals surface area contributed by atoms with Crippen molar-refractivity contribution in [2.75, 3.05) is 0 Å². The number of hydrogen-bond donors (Lipinski definition) is 2. The maximum absolute atomic E-state index is 9.80. The first-order valence-corrected chi connectivity index (χ1v) is 6.44. The zero-order valence-electron chi connectivity index (χ0n) is 9.57. The number of aliphatic hydroxyl groups excluding tert-OH is 1. The molecule has 2 atom stereocenters. The fraction of sp³-hybridized carbons (Fsp3) is 0.667. The minimum atomic E-state index is -0.354. The topological polar surface area (TPSA) is 46.2 Å². The molecule has 0 amide bonds. The molecule has 0 fully saturated rings. The molecule has 0 saturated carbocycles. The smallest absolute Gasteiger partial charge is 0.0694 e. The highest BCUT2D eigenvalue weighted by molar-refractivity contribution is 7.11. The van der Waals surface area contributed by atoms with Crippen LogP contribution in [0.3, 0.4) is 0 Å². The van der Waals surface area contributed by atoms with Gasteiger partial charge in [0.05, 0.1) is 6.10 Å². The highest BCUT2D eigenvalue weighted by Crippen LogP contribution is 2.18. The third kappa shape index (κ3) is 4.33. The van der Waals surface area contributed by atoms with Crippen molar-refractivity contribution in [2.24, 2.45) is 5.73 Å².